The Labute approximate surface area is 101 Å². The molecule has 0 aliphatic heterocycles. The predicted molar refractivity (Wildman–Crippen MR) is 66.3 cm³/mol. The van der Waals surface area contributed by atoms with Crippen LogP contribution < -0.4 is 0 Å². The van der Waals surface area contributed by atoms with Crippen LogP contribution in [0.2, 0.25) is 0 Å². The Morgan fingerprint density at radius 2 is 1.59 bits per heavy atom. The zero-order chi connectivity index (χ0) is 13.2. The second-order valence-electron chi connectivity index (χ2n) is 5.03. The van der Waals surface area contributed by atoms with Gasteiger partial charge < -0.3 is 5.11 Å². The lowest BCUT2D eigenvalue weighted by Crippen LogP contribution is -2.28. The van der Waals surface area contributed by atoms with Gasteiger partial charge in [0.2, 0.25) is 0 Å². The number of carbonyl (C=O) groups is 2. The van der Waals surface area contributed by atoms with Gasteiger partial charge in [-0.3, -0.25) is 9.59 Å². The van der Waals surface area contributed by atoms with Crippen LogP contribution in [0.4, 0.5) is 0 Å². The summed E-state index contributed by atoms with van der Waals surface area (Å²) in [6.45, 7) is 6.98. The maximum Gasteiger partial charge on any atom is 0.313 e. The SMILES string of the molecule is CC(C)C(=O)c1ccc(C(C)(C)C(=O)O)cc1. The fourth-order valence-corrected chi connectivity index (χ4v) is 1.51. The standard InChI is InChI=1S/C14H18O3/c1-9(2)12(15)10-5-7-11(8-6-10)14(3,4)13(16)17/h5-9H,1-4H3,(H,16,17). The highest BCUT2D eigenvalue weighted by atomic mass is 16.4. The summed E-state index contributed by atoms with van der Waals surface area (Å²) < 4.78 is 0. The van der Waals surface area contributed by atoms with E-state index in [4.69, 9.17) is 5.11 Å². The molecule has 0 aliphatic carbocycles. The average molecular weight is 234 g/mol. The quantitative estimate of drug-likeness (QED) is 0.815. The van der Waals surface area contributed by atoms with E-state index in [1.807, 2.05) is 13.8 Å². The zero-order valence-corrected chi connectivity index (χ0v) is 10.7. The smallest absolute Gasteiger partial charge is 0.313 e. The van der Waals surface area contributed by atoms with E-state index in [0.29, 0.717) is 11.1 Å². The van der Waals surface area contributed by atoms with Gasteiger partial charge in [0.15, 0.2) is 5.78 Å². The molecule has 0 radical (unpaired) electrons. The van der Waals surface area contributed by atoms with E-state index >= 15 is 0 Å². The first-order valence-corrected chi connectivity index (χ1v) is 5.65. The molecule has 92 valence electrons. The minimum atomic E-state index is -0.931. The third-order valence-electron chi connectivity index (χ3n) is 2.95. The van der Waals surface area contributed by atoms with Gasteiger partial charge in [-0.1, -0.05) is 38.1 Å². The Kier molecular flexibility index (Phi) is 3.71. The van der Waals surface area contributed by atoms with Gasteiger partial charge in [0, 0.05) is 11.5 Å². The summed E-state index contributed by atoms with van der Waals surface area (Å²) in [6, 6.07) is 6.82. The summed E-state index contributed by atoms with van der Waals surface area (Å²) in [5.74, 6) is -0.849. The fourth-order valence-electron chi connectivity index (χ4n) is 1.51. The molecule has 0 bridgehead atoms. The Morgan fingerprint density at radius 3 is 1.94 bits per heavy atom. The van der Waals surface area contributed by atoms with Gasteiger partial charge in [-0.25, -0.2) is 0 Å². The Balaban J connectivity index is 3.04. The normalized spacial score (nSPS) is 11.6. The number of ketones is 1. The highest BCUT2D eigenvalue weighted by Crippen LogP contribution is 2.24. The predicted octanol–water partition coefficient (Wildman–Crippen LogP) is 2.89. The van der Waals surface area contributed by atoms with Gasteiger partial charge in [-0.15, -0.1) is 0 Å². The average Bonchev–Trinajstić information content (AvgIpc) is 2.27. The highest BCUT2D eigenvalue weighted by molar-refractivity contribution is 5.97. The van der Waals surface area contributed by atoms with Gasteiger partial charge in [-0.2, -0.15) is 0 Å². The molecule has 1 N–H and O–H groups in total. The number of carbonyl (C=O) groups excluding carboxylic acids is 1. The maximum atomic E-state index is 11.7. The Hall–Kier alpha value is -1.64. The lowest BCUT2D eigenvalue weighted by molar-refractivity contribution is -0.142. The first-order valence-electron chi connectivity index (χ1n) is 5.65. The van der Waals surface area contributed by atoms with Crippen LogP contribution in [-0.2, 0) is 10.2 Å². The van der Waals surface area contributed by atoms with E-state index in [2.05, 4.69) is 0 Å². The van der Waals surface area contributed by atoms with Crippen LogP contribution in [0.15, 0.2) is 24.3 Å². The molecular formula is C14H18O3. The van der Waals surface area contributed by atoms with Crippen molar-refractivity contribution in [3.8, 4) is 0 Å². The van der Waals surface area contributed by atoms with Gasteiger partial charge in [0.25, 0.3) is 0 Å². The second-order valence-corrected chi connectivity index (χ2v) is 5.03. The molecule has 17 heavy (non-hydrogen) atoms. The van der Waals surface area contributed by atoms with E-state index in [9.17, 15) is 9.59 Å². The van der Waals surface area contributed by atoms with Gasteiger partial charge in [0.05, 0.1) is 5.41 Å². The Morgan fingerprint density at radius 1 is 1.12 bits per heavy atom. The molecule has 0 saturated carbocycles. The van der Waals surface area contributed by atoms with Crippen molar-refractivity contribution in [2.45, 2.75) is 33.1 Å². The minimum Gasteiger partial charge on any atom is -0.481 e. The molecule has 0 amide bonds. The zero-order valence-electron chi connectivity index (χ0n) is 10.7. The largest absolute Gasteiger partial charge is 0.481 e. The summed E-state index contributed by atoms with van der Waals surface area (Å²) in [4.78, 5) is 22.8. The summed E-state index contributed by atoms with van der Waals surface area (Å²) in [5.41, 5.74) is 0.398. The molecule has 0 atom stereocenters. The number of carboxylic acids is 1. The molecule has 0 aliphatic rings. The van der Waals surface area contributed by atoms with Crippen LogP contribution >= 0.6 is 0 Å². The van der Waals surface area contributed by atoms with Crippen LogP contribution in [0.3, 0.4) is 0 Å². The van der Waals surface area contributed by atoms with E-state index in [1.165, 1.54) is 0 Å². The first kappa shape index (κ1) is 13.4. The Bertz CT molecular complexity index is 427. The molecule has 0 spiro atoms. The van der Waals surface area contributed by atoms with Crippen LogP contribution in [0.1, 0.15) is 43.6 Å². The number of carboxylic acid groups (broad SMARTS) is 1. The van der Waals surface area contributed by atoms with Crippen molar-refractivity contribution >= 4 is 11.8 Å². The molecule has 0 saturated heterocycles. The molecule has 0 fully saturated rings. The topological polar surface area (TPSA) is 54.4 Å². The van der Waals surface area contributed by atoms with Crippen molar-refractivity contribution in [2.75, 3.05) is 0 Å². The van der Waals surface area contributed by atoms with E-state index in [0.717, 1.165) is 0 Å². The van der Waals surface area contributed by atoms with Gasteiger partial charge in [-0.05, 0) is 19.4 Å². The number of benzene rings is 1. The van der Waals surface area contributed by atoms with Crippen molar-refractivity contribution in [3.05, 3.63) is 35.4 Å². The summed E-state index contributed by atoms with van der Waals surface area (Å²) >= 11 is 0. The molecule has 3 heteroatoms. The molecule has 0 unspecified atom stereocenters. The number of rotatable bonds is 4. The van der Waals surface area contributed by atoms with E-state index < -0.39 is 11.4 Å². The molecule has 0 heterocycles. The molecule has 3 nitrogen and oxygen atoms in total. The maximum absolute atomic E-state index is 11.7. The lowest BCUT2D eigenvalue weighted by atomic mass is 9.84. The monoisotopic (exact) mass is 234 g/mol. The molecule has 1 aromatic carbocycles. The van der Waals surface area contributed by atoms with E-state index in [1.54, 1.807) is 38.1 Å². The minimum absolute atomic E-state index is 0.0478. The van der Waals surface area contributed by atoms with Crippen molar-refractivity contribution < 1.29 is 14.7 Å². The van der Waals surface area contributed by atoms with Gasteiger partial charge >= 0.3 is 5.97 Å². The molecule has 0 aromatic heterocycles. The van der Waals surface area contributed by atoms with Crippen molar-refractivity contribution in [3.63, 3.8) is 0 Å². The van der Waals surface area contributed by atoms with Crippen molar-refractivity contribution in [2.24, 2.45) is 5.92 Å². The third-order valence-corrected chi connectivity index (χ3v) is 2.95. The van der Waals surface area contributed by atoms with Crippen LogP contribution in [0.25, 0.3) is 0 Å². The van der Waals surface area contributed by atoms with E-state index in [-0.39, 0.29) is 11.7 Å². The van der Waals surface area contributed by atoms with Crippen LogP contribution in [-0.4, -0.2) is 16.9 Å². The fraction of sp³-hybridized carbons (Fsp3) is 0.429. The summed E-state index contributed by atoms with van der Waals surface area (Å²) in [6.07, 6.45) is 0. The van der Waals surface area contributed by atoms with Crippen molar-refractivity contribution in [1.82, 2.24) is 0 Å². The van der Waals surface area contributed by atoms with Crippen LogP contribution in [0, 0.1) is 5.92 Å². The highest BCUT2D eigenvalue weighted by Gasteiger charge is 2.29. The van der Waals surface area contributed by atoms with Gasteiger partial charge in [0.1, 0.15) is 0 Å². The number of hydrogen-bond donors (Lipinski definition) is 1. The van der Waals surface area contributed by atoms with Crippen LogP contribution in [0.5, 0.6) is 0 Å². The molecular weight excluding hydrogens is 216 g/mol. The lowest BCUT2D eigenvalue weighted by Gasteiger charge is -2.19. The number of Topliss-reactive ketones (excluding diaryl/α,β-unsaturated/α-hetero) is 1. The second kappa shape index (κ2) is 4.70. The summed E-state index contributed by atoms with van der Waals surface area (Å²) in [7, 11) is 0. The molecule has 1 rings (SSSR count). The number of hydrogen-bond acceptors (Lipinski definition) is 2. The van der Waals surface area contributed by atoms with Crippen molar-refractivity contribution in [1.29, 1.82) is 0 Å². The third kappa shape index (κ3) is 2.73. The summed E-state index contributed by atoms with van der Waals surface area (Å²) in [5, 5.41) is 9.09. The number of aliphatic carboxylic acids is 1. The first-order chi connectivity index (χ1) is 7.76. The molecule has 1 aromatic rings.